The van der Waals surface area contributed by atoms with Crippen LogP contribution in [0, 0.1) is 5.92 Å². The van der Waals surface area contributed by atoms with E-state index in [1.165, 1.54) is 0 Å². The third-order valence-corrected chi connectivity index (χ3v) is 4.74. The molecule has 0 bridgehead atoms. The highest BCUT2D eigenvalue weighted by atomic mass is 32.2. The van der Waals surface area contributed by atoms with Gasteiger partial charge in [-0.25, -0.2) is 13.1 Å². The van der Waals surface area contributed by atoms with Gasteiger partial charge in [0.1, 0.15) is 0 Å². The molecule has 0 aliphatic heterocycles. The zero-order valence-corrected chi connectivity index (χ0v) is 11.4. The summed E-state index contributed by atoms with van der Waals surface area (Å²) in [5.41, 5.74) is 7.29. The molecule has 2 rings (SSSR count). The highest BCUT2D eigenvalue weighted by Gasteiger charge is 2.38. The van der Waals surface area contributed by atoms with Crippen molar-refractivity contribution in [1.29, 1.82) is 0 Å². The van der Waals surface area contributed by atoms with Crippen molar-refractivity contribution in [3.05, 3.63) is 35.4 Å². The first-order chi connectivity index (χ1) is 8.54. The molecule has 0 radical (unpaired) electrons. The molecular weight excluding hydrogens is 248 g/mol. The molecule has 0 saturated heterocycles. The average molecular weight is 268 g/mol. The topological polar surface area (TPSA) is 72.2 Å². The van der Waals surface area contributed by atoms with Crippen LogP contribution in [0.2, 0.25) is 0 Å². The van der Waals surface area contributed by atoms with Crippen molar-refractivity contribution in [2.24, 2.45) is 11.7 Å². The molecule has 0 spiro atoms. The van der Waals surface area contributed by atoms with Crippen molar-refractivity contribution in [2.75, 3.05) is 0 Å². The zero-order chi connectivity index (χ0) is 13.2. The molecule has 1 saturated carbocycles. The van der Waals surface area contributed by atoms with E-state index in [-0.39, 0.29) is 11.8 Å². The van der Waals surface area contributed by atoms with Crippen LogP contribution >= 0.6 is 0 Å². The highest BCUT2D eigenvalue weighted by molar-refractivity contribution is 7.88. The molecule has 0 aromatic heterocycles. The summed E-state index contributed by atoms with van der Waals surface area (Å²) in [5, 5.41) is 0. The fraction of sp³-hybridized carbons (Fsp3) is 0.538. The van der Waals surface area contributed by atoms with Gasteiger partial charge in [-0.1, -0.05) is 37.6 Å². The molecule has 4 nitrogen and oxygen atoms in total. The summed E-state index contributed by atoms with van der Waals surface area (Å²) in [7, 11) is -3.23. The van der Waals surface area contributed by atoms with E-state index in [9.17, 15) is 8.42 Å². The molecule has 1 aromatic rings. The van der Waals surface area contributed by atoms with Crippen molar-refractivity contribution in [1.82, 2.24) is 4.72 Å². The minimum atomic E-state index is -3.23. The van der Waals surface area contributed by atoms with E-state index in [0.717, 1.165) is 24.0 Å². The van der Waals surface area contributed by atoms with Crippen LogP contribution in [0.4, 0.5) is 0 Å². The van der Waals surface area contributed by atoms with E-state index in [1.807, 2.05) is 24.3 Å². The van der Waals surface area contributed by atoms with E-state index in [1.54, 1.807) is 0 Å². The lowest BCUT2D eigenvalue weighted by molar-refractivity contribution is 0.575. The predicted octanol–water partition coefficient (Wildman–Crippen LogP) is 1.36. The molecule has 0 amide bonds. The smallest absolute Gasteiger partial charge is 0.216 e. The van der Waals surface area contributed by atoms with Crippen LogP contribution in [0.5, 0.6) is 0 Å². The maximum atomic E-state index is 12.0. The van der Waals surface area contributed by atoms with Gasteiger partial charge in [0.05, 0.1) is 5.75 Å². The third-order valence-electron chi connectivity index (χ3n) is 3.36. The lowest BCUT2D eigenvalue weighted by atomic mass is 10.1. The van der Waals surface area contributed by atoms with Crippen LogP contribution in [-0.2, 0) is 22.3 Å². The first-order valence-electron chi connectivity index (χ1n) is 6.32. The molecule has 2 atom stereocenters. The van der Waals surface area contributed by atoms with Gasteiger partial charge in [-0.3, -0.25) is 0 Å². The van der Waals surface area contributed by atoms with Crippen molar-refractivity contribution >= 4 is 10.0 Å². The highest BCUT2D eigenvalue weighted by Crippen LogP contribution is 2.33. The van der Waals surface area contributed by atoms with Gasteiger partial charge in [-0.05, 0) is 23.5 Å². The molecule has 1 aliphatic rings. The van der Waals surface area contributed by atoms with Crippen LogP contribution in [0.25, 0.3) is 0 Å². The summed E-state index contributed by atoms with van der Waals surface area (Å²) in [6, 6.07) is 7.57. The summed E-state index contributed by atoms with van der Waals surface area (Å²) in [6.07, 6.45) is 2.01. The van der Waals surface area contributed by atoms with Crippen molar-refractivity contribution in [3.8, 4) is 0 Å². The monoisotopic (exact) mass is 268 g/mol. The first-order valence-corrected chi connectivity index (χ1v) is 7.97. The number of hydrogen-bond acceptors (Lipinski definition) is 3. The minimum absolute atomic E-state index is 0.0355. The largest absolute Gasteiger partial charge is 0.326 e. The second-order valence-corrected chi connectivity index (χ2v) is 6.67. The summed E-state index contributed by atoms with van der Waals surface area (Å²) >= 11 is 0. The Bertz CT molecular complexity index is 513. The summed E-state index contributed by atoms with van der Waals surface area (Å²) < 4.78 is 26.7. The fourth-order valence-corrected chi connectivity index (χ4v) is 3.63. The van der Waals surface area contributed by atoms with E-state index < -0.39 is 10.0 Å². The Hall–Kier alpha value is -0.910. The normalized spacial score (nSPS) is 23.0. The number of nitrogens with two attached hydrogens (primary N) is 1. The lowest BCUT2D eigenvalue weighted by Crippen LogP contribution is -2.28. The molecule has 1 aliphatic carbocycles. The van der Waals surface area contributed by atoms with Gasteiger partial charge < -0.3 is 5.73 Å². The number of rotatable bonds is 6. The number of nitrogens with one attached hydrogen (secondary N) is 1. The Morgan fingerprint density at radius 1 is 1.39 bits per heavy atom. The number of sulfonamides is 1. The van der Waals surface area contributed by atoms with Gasteiger partial charge in [0, 0.05) is 12.6 Å². The van der Waals surface area contributed by atoms with Crippen molar-refractivity contribution < 1.29 is 8.42 Å². The van der Waals surface area contributed by atoms with Gasteiger partial charge in [0.2, 0.25) is 10.0 Å². The molecule has 18 heavy (non-hydrogen) atoms. The van der Waals surface area contributed by atoms with Gasteiger partial charge in [0.15, 0.2) is 0 Å². The summed E-state index contributed by atoms with van der Waals surface area (Å²) in [5.74, 6) is 0.559. The van der Waals surface area contributed by atoms with Gasteiger partial charge >= 0.3 is 0 Å². The van der Waals surface area contributed by atoms with Crippen molar-refractivity contribution in [3.63, 3.8) is 0 Å². The fourth-order valence-electron chi connectivity index (χ4n) is 2.18. The second-order valence-electron chi connectivity index (χ2n) is 4.91. The molecule has 3 N–H and O–H groups in total. The Balaban J connectivity index is 1.99. The first kappa shape index (κ1) is 13.5. The predicted molar refractivity (Wildman–Crippen MR) is 72.3 cm³/mol. The van der Waals surface area contributed by atoms with E-state index in [4.69, 9.17) is 5.73 Å². The van der Waals surface area contributed by atoms with E-state index >= 15 is 0 Å². The number of benzene rings is 1. The maximum Gasteiger partial charge on any atom is 0.216 e. The van der Waals surface area contributed by atoms with Crippen LogP contribution < -0.4 is 10.5 Å². The number of hydrogen-bond donors (Lipinski definition) is 2. The third kappa shape index (κ3) is 3.54. The maximum absolute atomic E-state index is 12.0. The molecule has 1 aromatic carbocycles. The van der Waals surface area contributed by atoms with Gasteiger partial charge in [-0.15, -0.1) is 0 Å². The van der Waals surface area contributed by atoms with Crippen LogP contribution in [-0.4, -0.2) is 14.5 Å². The van der Waals surface area contributed by atoms with Crippen molar-refractivity contribution in [2.45, 2.75) is 38.1 Å². The standard InChI is InChI=1S/C13H20N2O2S/c1-2-12-7-13(12)15-18(16,17)9-11-5-3-4-10(6-11)8-14/h3-6,12-13,15H,2,7-9,14H2,1H3. The van der Waals surface area contributed by atoms with Crippen LogP contribution in [0.1, 0.15) is 30.9 Å². The molecule has 1 fully saturated rings. The molecule has 100 valence electrons. The molecular formula is C13H20N2O2S. The summed E-state index contributed by atoms with van der Waals surface area (Å²) in [6.45, 7) is 2.52. The molecule has 5 heteroatoms. The van der Waals surface area contributed by atoms with E-state index in [0.29, 0.717) is 12.5 Å². The van der Waals surface area contributed by atoms with E-state index in [2.05, 4.69) is 11.6 Å². The SMILES string of the molecule is CCC1CC1NS(=O)(=O)Cc1cccc(CN)c1. The Morgan fingerprint density at radius 3 is 2.72 bits per heavy atom. The second kappa shape index (κ2) is 5.38. The van der Waals surface area contributed by atoms with Gasteiger partial charge in [-0.2, -0.15) is 0 Å². The zero-order valence-electron chi connectivity index (χ0n) is 10.6. The Labute approximate surface area is 109 Å². The lowest BCUT2D eigenvalue weighted by Gasteiger charge is -2.07. The molecule has 2 unspecified atom stereocenters. The van der Waals surface area contributed by atoms with Crippen LogP contribution in [0.3, 0.4) is 0 Å². The quantitative estimate of drug-likeness (QED) is 0.818. The molecule has 0 heterocycles. The average Bonchev–Trinajstić information content (AvgIpc) is 3.06. The van der Waals surface area contributed by atoms with Crippen LogP contribution in [0.15, 0.2) is 24.3 Å². The minimum Gasteiger partial charge on any atom is -0.326 e. The Kier molecular flexibility index (Phi) is 4.04. The Morgan fingerprint density at radius 2 is 2.11 bits per heavy atom. The van der Waals surface area contributed by atoms with Gasteiger partial charge in [0.25, 0.3) is 0 Å². The summed E-state index contributed by atoms with van der Waals surface area (Å²) in [4.78, 5) is 0.